The van der Waals surface area contributed by atoms with E-state index in [0.29, 0.717) is 29.1 Å². The zero-order valence-electron chi connectivity index (χ0n) is 10.1. The maximum atomic E-state index is 6.13. The van der Waals surface area contributed by atoms with Gasteiger partial charge in [0.25, 0.3) is 0 Å². The molecule has 0 radical (unpaired) electrons. The van der Waals surface area contributed by atoms with Crippen molar-refractivity contribution in [2.75, 3.05) is 11.9 Å². The third kappa shape index (κ3) is 2.88. The maximum absolute atomic E-state index is 6.13. The SMILES string of the molecule is CC(C)CN=C(N)Nc1c(Cl)ccc2nsnc12. The minimum atomic E-state index is 0.339. The highest BCUT2D eigenvalue weighted by Crippen LogP contribution is 2.29. The van der Waals surface area contributed by atoms with Crippen LogP contribution >= 0.6 is 23.3 Å². The van der Waals surface area contributed by atoms with Gasteiger partial charge in [-0.05, 0) is 18.1 Å². The molecule has 3 N–H and O–H groups in total. The summed E-state index contributed by atoms with van der Waals surface area (Å²) in [5, 5.41) is 3.55. The molecule has 1 heterocycles. The highest BCUT2D eigenvalue weighted by molar-refractivity contribution is 7.00. The number of aliphatic imine (C=N–C) groups is 1. The Bertz CT molecular complexity index is 578. The molecule has 2 rings (SSSR count). The normalized spacial score (nSPS) is 12.3. The smallest absolute Gasteiger partial charge is 0.193 e. The van der Waals surface area contributed by atoms with E-state index in [2.05, 4.69) is 32.9 Å². The molecule has 0 aliphatic rings. The van der Waals surface area contributed by atoms with Crippen molar-refractivity contribution in [3.63, 3.8) is 0 Å². The van der Waals surface area contributed by atoms with Crippen LogP contribution in [0.2, 0.25) is 5.02 Å². The van der Waals surface area contributed by atoms with Gasteiger partial charge in [0.05, 0.1) is 22.4 Å². The van der Waals surface area contributed by atoms with Crippen LogP contribution in [0.25, 0.3) is 11.0 Å². The summed E-state index contributed by atoms with van der Waals surface area (Å²) in [6, 6.07) is 3.59. The summed E-state index contributed by atoms with van der Waals surface area (Å²) in [4.78, 5) is 4.23. The van der Waals surface area contributed by atoms with E-state index in [-0.39, 0.29) is 0 Å². The highest BCUT2D eigenvalue weighted by atomic mass is 35.5. The molecular formula is C11H14ClN5S. The number of fused-ring (bicyclic) bond motifs is 1. The lowest BCUT2D eigenvalue weighted by atomic mass is 10.2. The Labute approximate surface area is 114 Å². The third-order valence-corrected chi connectivity index (χ3v) is 3.11. The van der Waals surface area contributed by atoms with Gasteiger partial charge in [0.15, 0.2) is 5.96 Å². The van der Waals surface area contributed by atoms with Crippen molar-refractivity contribution in [1.82, 2.24) is 8.75 Å². The van der Waals surface area contributed by atoms with Gasteiger partial charge in [-0.2, -0.15) is 8.75 Å². The van der Waals surface area contributed by atoms with Crippen LogP contribution in [0.4, 0.5) is 5.69 Å². The number of nitrogens with one attached hydrogen (secondary N) is 1. The van der Waals surface area contributed by atoms with Crippen molar-refractivity contribution in [2.45, 2.75) is 13.8 Å². The topological polar surface area (TPSA) is 76.2 Å². The molecule has 0 bridgehead atoms. The fourth-order valence-corrected chi connectivity index (χ4v) is 2.14. The summed E-state index contributed by atoms with van der Waals surface area (Å²) >= 11 is 7.27. The average molecular weight is 284 g/mol. The molecule has 5 nitrogen and oxygen atoms in total. The van der Waals surface area contributed by atoms with Gasteiger partial charge in [-0.3, -0.25) is 4.99 Å². The highest BCUT2D eigenvalue weighted by Gasteiger charge is 2.10. The number of hydrogen-bond donors (Lipinski definition) is 2. The van der Waals surface area contributed by atoms with Crippen LogP contribution in [-0.4, -0.2) is 21.3 Å². The number of halogens is 1. The first-order valence-electron chi connectivity index (χ1n) is 5.55. The molecular weight excluding hydrogens is 270 g/mol. The van der Waals surface area contributed by atoms with E-state index in [4.69, 9.17) is 17.3 Å². The van der Waals surface area contributed by atoms with Crippen LogP contribution in [0.1, 0.15) is 13.8 Å². The number of anilines is 1. The monoisotopic (exact) mass is 283 g/mol. The summed E-state index contributed by atoms with van der Waals surface area (Å²) in [7, 11) is 0. The van der Waals surface area contributed by atoms with Gasteiger partial charge in [0.1, 0.15) is 11.0 Å². The van der Waals surface area contributed by atoms with Gasteiger partial charge in [-0.25, -0.2) is 0 Å². The molecule has 0 unspecified atom stereocenters. The Balaban J connectivity index is 2.28. The molecule has 0 spiro atoms. The molecule has 0 atom stereocenters. The van der Waals surface area contributed by atoms with Crippen molar-refractivity contribution in [3.8, 4) is 0 Å². The zero-order chi connectivity index (χ0) is 13.1. The van der Waals surface area contributed by atoms with E-state index in [1.54, 1.807) is 6.07 Å². The van der Waals surface area contributed by atoms with Crippen molar-refractivity contribution in [3.05, 3.63) is 17.2 Å². The van der Waals surface area contributed by atoms with E-state index in [9.17, 15) is 0 Å². The van der Waals surface area contributed by atoms with Crippen LogP contribution in [-0.2, 0) is 0 Å². The van der Waals surface area contributed by atoms with E-state index >= 15 is 0 Å². The van der Waals surface area contributed by atoms with Gasteiger partial charge < -0.3 is 11.1 Å². The Hall–Kier alpha value is -1.40. The lowest BCUT2D eigenvalue weighted by molar-refractivity contribution is 0.665. The molecule has 0 amide bonds. The van der Waals surface area contributed by atoms with Crippen LogP contribution in [0.15, 0.2) is 17.1 Å². The van der Waals surface area contributed by atoms with Gasteiger partial charge in [0.2, 0.25) is 0 Å². The van der Waals surface area contributed by atoms with Crippen molar-refractivity contribution in [1.29, 1.82) is 0 Å². The minimum Gasteiger partial charge on any atom is -0.370 e. The molecule has 96 valence electrons. The van der Waals surface area contributed by atoms with Gasteiger partial charge >= 0.3 is 0 Å². The van der Waals surface area contributed by atoms with Crippen molar-refractivity contribution in [2.24, 2.45) is 16.6 Å². The summed E-state index contributed by atoms with van der Waals surface area (Å²) in [6.07, 6.45) is 0. The predicted octanol–water partition coefficient (Wildman–Crippen LogP) is 2.73. The molecule has 7 heteroatoms. The van der Waals surface area contributed by atoms with Gasteiger partial charge in [0, 0.05) is 6.54 Å². The molecule has 0 aliphatic carbocycles. The van der Waals surface area contributed by atoms with Crippen LogP contribution in [0.5, 0.6) is 0 Å². The minimum absolute atomic E-state index is 0.339. The molecule has 0 fully saturated rings. The van der Waals surface area contributed by atoms with Gasteiger partial charge in [-0.15, -0.1) is 0 Å². The number of benzene rings is 1. The summed E-state index contributed by atoms with van der Waals surface area (Å²) in [5.41, 5.74) is 7.99. The Morgan fingerprint density at radius 1 is 1.50 bits per heavy atom. The molecule has 0 saturated heterocycles. The number of hydrogen-bond acceptors (Lipinski definition) is 4. The van der Waals surface area contributed by atoms with Gasteiger partial charge in [-0.1, -0.05) is 25.4 Å². The summed E-state index contributed by atoms with van der Waals surface area (Å²) in [6.45, 7) is 4.82. The Morgan fingerprint density at radius 2 is 2.28 bits per heavy atom. The summed E-state index contributed by atoms with van der Waals surface area (Å²) < 4.78 is 8.35. The summed E-state index contributed by atoms with van der Waals surface area (Å²) in [5.74, 6) is 0.795. The number of aromatic nitrogens is 2. The number of guanidine groups is 1. The molecule has 1 aromatic heterocycles. The number of nitrogens with zero attached hydrogens (tertiary/aromatic N) is 3. The van der Waals surface area contributed by atoms with Crippen molar-refractivity contribution >= 4 is 46.0 Å². The Morgan fingerprint density at radius 3 is 3.00 bits per heavy atom. The molecule has 0 aliphatic heterocycles. The molecule has 0 saturated carbocycles. The predicted molar refractivity (Wildman–Crippen MR) is 77.4 cm³/mol. The second-order valence-electron chi connectivity index (χ2n) is 4.30. The van der Waals surface area contributed by atoms with Crippen molar-refractivity contribution < 1.29 is 0 Å². The fraction of sp³-hybridized carbons (Fsp3) is 0.364. The third-order valence-electron chi connectivity index (χ3n) is 2.26. The zero-order valence-corrected chi connectivity index (χ0v) is 11.7. The Kier molecular flexibility index (Phi) is 3.98. The van der Waals surface area contributed by atoms with E-state index < -0.39 is 0 Å². The first-order chi connectivity index (χ1) is 8.58. The standard InChI is InChI=1S/C11H14ClN5S/c1-6(2)5-14-11(13)15-9-7(12)3-4-8-10(9)17-18-16-8/h3-4,6H,5H2,1-2H3,(H3,13,14,15). The van der Waals surface area contributed by atoms with Crippen LogP contribution in [0, 0.1) is 5.92 Å². The maximum Gasteiger partial charge on any atom is 0.193 e. The van der Waals surface area contributed by atoms with E-state index in [1.165, 1.54) is 0 Å². The molecule has 2 aromatic rings. The fourth-order valence-electron chi connectivity index (χ4n) is 1.39. The number of rotatable bonds is 3. The first kappa shape index (κ1) is 13.0. The number of nitrogens with two attached hydrogens (primary N) is 1. The largest absolute Gasteiger partial charge is 0.370 e. The average Bonchev–Trinajstić information content (AvgIpc) is 2.78. The van der Waals surface area contributed by atoms with Crippen LogP contribution < -0.4 is 11.1 Å². The lowest BCUT2D eigenvalue weighted by Gasteiger charge is -2.08. The van der Waals surface area contributed by atoms with E-state index in [1.807, 2.05) is 6.07 Å². The quantitative estimate of drug-likeness (QED) is 0.671. The molecule has 18 heavy (non-hydrogen) atoms. The van der Waals surface area contributed by atoms with Crippen LogP contribution in [0.3, 0.4) is 0 Å². The molecule has 1 aromatic carbocycles. The first-order valence-corrected chi connectivity index (χ1v) is 6.66. The van der Waals surface area contributed by atoms with E-state index in [0.717, 1.165) is 22.8 Å². The lowest BCUT2D eigenvalue weighted by Crippen LogP contribution is -2.23. The second kappa shape index (κ2) is 5.49. The second-order valence-corrected chi connectivity index (χ2v) is 5.23.